The van der Waals surface area contributed by atoms with Gasteiger partial charge in [-0.05, 0) is 76.7 Å². The average Bonchev–Trinajstić information content (AvgIpc) is 3.27. The lowest BCUT2D eigenvalue weighted by molar-refractivity contribution is -0.0371. The van der Waals surface area contributed by atoms with Crippen molar-refractivity contribution in [3.05, 3.63) is 59.5 Å². The number of hydrogen-bond acceptors (Lipinski definition) is 8. The molecule has 1 fully saturated rings. The maximum atomic E-state index is 15.2. The molecule has 3 heterocycles. The number of aryl methyl sites for hydroxylation is 1. The van der Waals surface area contributed by atoms with E-state index in [4.69, 9.17) is 14.8 Å². The van der Waals surface area contributed by atoms with Crippen molar-refractivity contribution in [3.63, 3.8) is 0 Å². The van der Waals surface area contributed by atoms with Crippen LogP contribution in [0, 0.1) is 24.4 Å². The van der Waals surface area contributed by atoms with Gasteiger partial charge in [-0.25, -0.2) is 36.2 Å². The zero-order valence-electron chi connectivity index (χ0n) is 22.8. The molecule has 10 nitrogen and oxygen atoms in total. The second kappa shape index (κ2) is 11.6. The summed E-state index contributed by atoms with van der Waals surface area (Å²) in [6, 6.07) is 5.70. The fourth-order valence-corrected chi connectivity index (χ4v) is 5.76. The second-order valence-corrected chi connectivity index (χ2v) is 11.7. The largest absolute Gasteiger partial charge is 0.368 e. The predicted molar refractivity (Wildman–Crippen MR) is 149 cm³/mol. The molecule has 2 N–H and O–H groups in total. The molecule has 2 aromatic carbocycles. The summed E-state index contributed by atoms with van der Waals surface area (Å²) in [5.74, 6) is -2.35. The highest BCUT2D eigenvalue weighted by molar-refractivity contribution is 7.92. The van der Waals surface area contributed by atoms with E-state index >= 15 is 4.39 Å². The van der Waals surface area contributed by atoms with Gasteiger partial charge in [0.05, 0.1) is 16.8 Å². The minimum atomic E-state index is -4.61. The lowest BCUT2D eigenvalue weighted by Gasteiger charge is -2.23. The van der Waals surface area contributed by atoms with Gasteiger partial charge in [-0.2, -0.15) is 5.10 Å². The van der Waals surface area contributed by atoms with Gasteiger partial charge in [-0.1, -0.05) is 0 Å². The van der Waals surface area contributed by atoms with Crippen LogP contribution in [-0.2, 0) is 14.8 Å². The van der Waals surface area contributed by atoms with E-state index in [0.29, 0.717) is 42.4 Å². The molecule has 1 atom stereocenters. The molecule has 41 heavy (non-hydrogen) atoms. The van der Waals surface area contributed by atoms with Crippen molar-refractivity contribution in [3.8, 4) is 11.4 Å². The molecule has 1 unspecified atom stereocenters. The third-order valence-corrected chi connectivity index (χ3v) is 8.04. The van der Waals surface area contributed by atoms with E-state index in [0.717, 1.165) is 43.3 Å². The Hall–Kier alpha value is -3.75. The fourth-order valence-electron chi connectivity index (χ4n) is 4.60. The molecule has 0 spiro atoms. The number of fused-ring (bicyclic) bond motifs is 1. The molecule has 0 radical (unpaired) electrons. The first-order chi connectivity index (χ1) is 19.5. The average molecular weight is 590 g/mol. The highest BCUT2D eigenvalue weighted by atomic mass is 32.2. The van der Waals surface area contributed by atoms with Crippen LogP contribution in [-0.4, -0.2) is 66.9 Å². The first kappa shape index (κ1) is 28.8. The summed E-state index contributed by atoms with van der Waals surface area (Å²) in [4.78, 5) is 10.5. The van der Waals surface area contributed by atoms with Crippen molar-refractivity contribution in [1.82, 2.24) is 24.6 Å². The number of ether oxygens (including phenoxy) is 1. The van der Waals surface area contributed by atoms with Crippen LogP contribution in [0.4, 0.5) is 24.7 Å². The zero-order valence-corrected chi connectivity index (χ0v) is 23.6. The number of nitrogens with one attached hydrogen (secondary N) is 2. The molecular formula is C27H30F3N7O3S. The predicted octanol–water partition coefficient (Wildman–Crippen LogP) is 4.69. The number of aromatic nitrogens is 4. The molecule has 0 bridgehead atoms. The van der Waals surface area contributed by atoms with Crippen LogP contribution in [0.2, 0.25) is 0 Å². The minimum absolute atomic E-state index is 0.186. The Bertz CT molecular complexity index is 1690. The summed E-state index contributed by atoms with van der Waals surface area (Å²) in [6.45, 7) is 3.78. The third-order valence-electron chi connectivity index (χ3n) is 6.66. The molecule has 1 aliphatic rings. The van der Waals surface area contributed by atoms with Crippen molar-refractivity contribution < 1.29 is 26.3 Å². The quantitative estimate of drug-likeness (QED) is 0.289. The van der Waals surface area contributed by atoms with E-state index in [2.05, 4.69) is 10.3 Å². The van der Waals surface area contributed by atoms with E-state index in [1.807, 2.05) is 30.6 Å². The molecule has 4 aromatic rings. The van der Waals surface area contributed by atoms with Crippen LogP contribution in [0.25, 0.3) is 22.4 Å². The number of nitrogens with zero attached hydrogens (tertiary/aromatic N) is 5. The monoisotopic (exact) mass is 589 g/mol. The Kier molecular flexibility index (Phi) is 8.16. The second-order valence-electron chi connectivity index (χ2n) is 10.1. The first-order valence-electron chi connectivity index (χ1n) is 13.1. The van der Waals surface area contributed by atoms with Crippen molar-refractivity contribution >= 4 is 32.6 Å². The summed E-state index contributed by atoms with van der Waals surface area (Å²) in [5, 5.41) is 8.76. The number of halogens is 3. The van der Waals surface area contributed by atoms with Crippen LogP contribution >= 0.6 is 0 Å². The van der Waals surface area contributed by atoms with Gasteiger partial charge in [-0.15, -0.1) is 0 Å². The molecular weight excluding hydrogens is 559 g/mol. The standard InChI is InChI=1S/C27H30F3N7O3S/c1-16-24-26(31-11-12-36(2)3)32-25(33-27(24)37(34-16)23-6-4-5-13-40-23)17-7-10-21(20(30)14-17)35-41(38,39)22-15-18(28)8-9-19(22)29/h7-10,14-15,23,35H,4-6,11-13H2,1-3H3,(H,31,32,33). The number of rotatable bonds is 9. The van der Waals surface area contributed by atoms with Crippen molar-refractivity contribution in [2.75, 3.05) is 43.8 Å². The summed E-state index contributed by atoms with van der Waals surface area (Å²) in [5.41, 5.74) is 1.07. The van der Waals surface area contributed by atoms with E-state index in [1.54, 1.807) is 4.68 Å². The van der Waals surface area contributed by atoms with E-state index in [-0.39, 0.29) is 17.6 Å². The minimum Gasteiger partial charge on any atom is -0.368 e. The molecule has 14 heteroatoms. The van der Waals surface area contributed by atoms with Gasteiger partial charge < -0.3 is 15.0 Å². The van der Waals surface area contributed by atoms with Crippen LogP contribution in [0.3, 0.4) is 0 Å². The molecule has 1 aliphatic heterocycles. The summed E-state index contributed by atoms with van der Waals surface area (Å²) in [7, 11) is -0.706. The lowest BCUT2D eigenvalue weighted by Crippen LogP contribution is -2.21. The number of likely N-dealkylation sites (N-methyl/N-ethyl adjacent to an activating group) is 1. The van der Waals surface area contributed by atoms with Gasteiger partial charge >= 0.3 is 0 Å². The van der Waals surface area contributed by atoms with Gasteiger partial charge in [0.1, 0.15) is 28.2 Å². The molecule has 218 valence electrons. The Balaban J connectivity index is 1.53. The highest BCUT2D eigenvalue weighted by Gasteiger charge is 2.25. The summed E-state index contributed by atoms with van der Waals surface area (Å²) in [6.07, 6.45) is 2.43. The van der Waals surface area contributed by atoms with Crippen molar-refractivity contribution in [2.24, 2.45) is 0 Å². The smallest absolute Gasteiger partial charge is 0.265 e. The number of hydrogen-bond donors (Lipinski definition) is 2. The summed E-state index contributed by atoms with van der Waals surface area (Å²) < 4.78 is 77.9. The van der Waals surface area contributed by atoms with Crippen LogP contribution in [0.5, 0.6) is 0 Å². The fraction of sp³-hybridized carbons (Fsp3) is 0.370. The van der Waals surface area contributed by atoms with Crippen LogP contribution < -0.4 is 10.0 Å². The van der Waals surface area contributed by atoms with E-state index < -0.39 is 38.1 Å². The highest BCUT2D eigenvalue weighted by Crippen LogP contribution is 2.33. The van der Waals surface area contributed by atoms with Gasteiger partial charge in [0.25, 0.3) is 10.0 Å². The molecule has 0 amide bonds. The Morgan fingerprint density at radius 3 is 2.59 bits per heavy atom. The van der Waals surface area contributed by atoms with Crippen LogP contribution in [0.15, 0.2) is 41.3 Å². The lowest BCUT2D eigenvalue weighted by atomic mass is 10.1. The zero-order chi connectivity index (χ0) is 29.3. The van der Waals surface area contributed by atoms with Gasteiger partial charge in [0.2, 0.25) is 0 Å². The van der Waals surface area contributed by atoms with Gasteiger partial charge in [-0.3, -0.25) is 4.72 Å². The maximum Gasteiger partial charge on any atom is 0.265 e. The van der Waals surface area contributed by atoms with E-state index in [9.17, 15) is 17.2 Å². The Labute approximate surface area is 235 Å². The first-order valence-corrected chi connectivity index (χ1v) is 14.6. The Morgan fingerprint density at radius 2 is 1.88 bits per heavy atom. The van der Waals surface area contributed by atoms with E-state index in [1.165, 1.54) is 12.1 Å². The SMILES string of the molecule is Cc1nn(C2CCCCO2)c2nc(-c3ccc(NS(=O)(=O)c4cc(F)ccc4F)c(F)c3)nc(NCCN(C)C)c12. The Morgan fingerprint density at radius 1 is 1.07 bits per heavy atom. The van der Waals surface area contributed by atoms with Gasteiger partial charge in [0.15, 0.2) is 17.7 Å². The molecule has 5 rings (SSSR count). The molecule has 0 aliphatic carbocycles. The topological polar surface area (TPSA) is 114 Å². The maximum absolute atomic E-state index is 15.2. The third kappa shape index (κ3) is 6.14. The van der Waals surface area contributed by atoms with Crippen molar-refractivity contribution in [1.29, 1.82) is 0 Å². The van der Waals surface area contributed by atoms with Crippen molar-refractivity contribution in [2.45, 2.75) is 37.3 Å². The molecule has 2 aromatic heterocycles. The number of anilines is 2. The van der Waals surface area contributed by atoms with Gasteiger partial charge in [0, 0.05) is 25.3 Å². The summed E-state index contributed by atoms with van der Waals surface area (Å²) >= 11 is 0. The molecule has 0 saturated carbocycles. The number of benzene rings is 2. The van der Waals surface area contributed by atoms with Crippen LogP contribution in [0.1, 0.15) is 31.2 Å². The molecule has 1 saturated heterocycles. The number of sulfonamides is 1. The normalized spacial score (nSPS) is 15.9.